The molecule has 0 amide bonds. The van der Waals surface area contributed by atoms with Crippen LogP contribution in [0.5, 0.6) is 5.75 Å². The molecule has 1 rings (SSSR count). The van der Waals surface area contributed by atoms with Gasteiger partial charge in [0.2, 0.25) is 0 Å². The van der Waals surface area contributed by atoms with E-state index in [1.165, 1.54) is 19.2 Å². The molecule has 0 saturated carbocycles. The fourth-order valence-electron chi connectivity index (χ4n) is 0.983. The molecule has 0 radical (unpaired) electrons. The third-order valence-electron chi connectivity index (χ3n) is 1.66. The minimum absolute atomic E-state index is 0.154. The van der Waals surface area contributed by atoms with E-state index < -0.39 is 7.12 Å². The first-order chi connectivity index (χ1) is 6.19. The van der Waals surface area contributed by atoms with Gasteiger partial charge < -0.3 is 14.8 Å². The van der Waals surface area contributed by atoms with Crippen LogP contribution in [0.1, 0.15) is 5.56 Å². The van der Waals surface area contributed by atoms with E-state index in [-0.39, 0.29) is 11.0 Å². The van der Waals surface area contributed by atoms with Crippen molar-refractivity contribution in [3.05, 3.63) is 23.8 Å². The molecule has 0 saturated heterocycles. The van der Waals surface area contributed by atoms with Gasteiger partial charge in [-0.15, -0.1) is 0 Å². The van der Waals surface area contributed by atoms with Gasteiger partial charge >= 0.3 is 7.12 Å². The summed E-state index contributed by atoms with van der Waals surface area (Å²) in [4.78, 5) is 0. The smallest absolute Gasteiger partial charge is 0.489 e. The van der Waals surface area contributed by atoms with Crippen molar-refractivity contribution in [2.75, 3.05) is 7.11 Å². The minimum Gasteiger partial charge on any atom is -0.497 e. The summed E-state index contributed by atoms with van der Waals surface area (Å²) in [6, 6.07) is 6.34. The van der Waals surface area contributed by atoms with Crippen molar-refractivity contribution in [2.24, 2.45) is 0 Å². The molecule has 0 bridgehead atoms. The van der Waals surface area contributed by atoms with Crippen molar-refractivity contribution in [3.63, 3.8) is 0 Å². The Hall–Kier alpha value is -1.51. The monoisotopic (exact) mass is 177 g/mol. The summed E-state index contributed by atoms with van der Waals surface area (Å²) in [5, 5.41) is 26.4. The van der Waals surface area contributed by atoms with Crippen LogP contribution in [0.4, 0.5) is 0 Å². The van der Waals surface area contributed by atoms with Crippen molar-refractivity contribution in [1.29, 1.82) is 5.26 Å². The zero-order valence-electron chi connectivity index (χ0n) is 7.06. The number of benzene rings is 1. The molecule has 0 atom stereocenters. The van der Waals surface area contributed by atoms with E-state index in [1.54, 1.807) is 6.07 Å². The molecule has 66 valence electrons. The van der Waals surface area contributed by atoms with E-state index in [4.69, 9.17) is 20.0 Å². The molecule has 4 nitrogen and oxygen atoms in total. The van der Waals surface area contributed by atoms with E-state index in [0.29, 0.717) is 5.75 Å². The Balaban J connectivity index is 3.20. The van der Waals surface area contributed by atoms with Gasteiger partial charge in [0.05, 0.1) is 18.7 Å². The normalized spacial score (nSPS) is 9.08. The third-order valence-corrected chi connectivity index (χ3v) is 1.66. The Morgan fingerprint density at radius 1 is 1.46 bits per heavy atom. The first-order valence-electron chi connectivity index (χ1n) is 3.63. The van der Waals surface area contributed by atoms with Crippen LogP contribution in [0.2, 0.25) is 0 Å². The average Bonchev–Trinajstić information content (AvgIpc) is 2.16. The van der Waals surface area contributed by atoms with Crippen LogP contribution in [-0.2, 0) is 0 Å². The maximum Gasteiger partial charge on any atom is 0.489 e. The number of ether oxygens (including phenoxy) is 1. The van der Waals surface area contributed by atoms with Crippen LogP contribution >= 0.6 is 0 Å². The van der Waals surface area contributed by atoms with E-state index >= 15 is 0 Å². The third kappa shape index (κ3) is 1.99. The second kappa shape index (κ2) is 3.94. The molecule has 0 aromatic heterocycles. The maximum absolute atomic E-state index is 8.90. The Bertz CT molecular complexity index is 346. The van der Waals surface area contributed by atoms with Gasteiger partial charge in [-0.1, -0.05) is 0 Å². The predicted octanol–water partition coefficient (Wildman–Crippen LogP) is -0.753. The SMILES string of the molecule is COc1ccc(C#N)c(B(O)O)c1. The molecule has 5 heteroatoms. The highest BCUT2D eigenvalue weighted by Crippen LogP contribution is 2.09. The summed E-state index contributed by atoms with van der Waals surface area (Å²) in [5.41, 5.74) is 0.387. The number of hydrogen-bond acceptors (Lipinski definition) is 4. The summed E-state index contributed by atoms with van der Waals surface area (Å²) in [6.07, 6.45) is 0. The molecule has 13 heavy (non-hydrogen) atoms. The Kier molecular flexibility index (Phi) is 2.90. The lowest BCUT2D eigenvalue weighted by molar-refractivity contribution is 0.412. The van der Waals surface area contributed by atoms with Crippen LogP contribution < -0.4 is 10.2 Å². The quantitative estimate of drug-likeness (QED) is 0.582. The molecule has 0 aliphatic heterocycles. The van der Waals surface area contributed by atoms with Gasteiger partial charge in [-0.3, -0.25) is 0 Å². The zero-order chi connectivity index (χ0) is 9.84. The van der Waals surface area contributed by atoms with E-state index in [9.17, 15) is 0 Å². The number of rotatable bonds is 2. The Labute approximate surface area is 76.1 Å². The van der Waals surface area contributed by atoms with Gasteiger partial charge in [0.1, 0.15) is 5.75 Å². The molecular weight excluding hydrogens is 169 g/mol. The van der Waals surface area contributed by atoms with E-state index in [0.717, 1.165) is 0 Å². The molecule has 0 unspecified atom stereocenters. The van der Waals surface area contributed by atoms with Gasteiger partial charge in [0.25, 0.3) is 0 Å². The number of nitrogens with zero attached hydrogens (tertiary/aromatic N) is 1. The van der Waals surface area contributed by atoms with Gasteiger partial charge in [0.15, 0.2) is 0 Å². The number of hydrogen-bond donors (Lipinski definition) is 2. The van der Waals surface area contributed by atoms with Crippen molar-refractivity contribution in [1.82, 2.24) is 0 Å². The van der Waals surface area contributed by atoms with Crippen molar-refractivity contribution < 1.29 is 14.8 Å². The van der Waals surface area contributed by atoms with Gasteiger partial charge in [-0.05, 0) is 18.2 Å². The summed E-state index contributed by atoms with van der Waals surface area (Å²) in [5.74, 6) is 0.488. The maximum atomic E-state index is 8.90. The molecule has 0 aliphatic carbocycles. The Morgan fingerprint density at radius 3 is 2.62 bits per heavy atom. The highest BCUT2D eigenvalue weighted by atomic mass is 16.5. The highest BCUT2D eigenvalue weighted by Gasteiger charge is 2.16. The predicted molar refractivity (Wildman–Crippen MR) is 47.5 cm³/mol. The fourth-order valence-corrected chi connectivity index (χ4v) is 0.983. The second-order valence-electron chi connectivity index (χ2n) is 2.44. The molecule has 2 N–H and O–H groups in total. The summed E-state index contributed by atoms with van der Waals surface area (Å²) < 4.78 is 4.87. The lowest BCUT2D eigenvalue weighted by atomic mass is 9.77. The van der Waals surface area contributed by atoms with Crippen LogP contribution in [0.25, 0.3) is 0 Å². The van der Waals surface area contributed by atoms with Crippen molar-refractivity contribution in [3.8, 4) is 11.8 Å². The zero-order valence-corrected chi connectivity index (χ0v) is 7.06. The summed E-state index contributed by atoms with van der Waals surface area (Å²) in [6.45, 7) is 0. The highest BCUT2D eigenvalue weighted by molar-refractivity contribution is 6.59. The van der Waals surface area contributed by atoms with Crippen LogP contribution in [0, 0.1) is 11.3 Å². The van der Waals surface area contributed by atoms with Crippen molar-refractivity contribution in [2.45, 2.75) is 0 Å². The molecule has 0 heterocycles. The Morgan fingerprint density at radius 2 is 2.15 bits per heavy atom. The van der Waals surface area contributed by atoms with Crippen LogP contribution in [0.3, 0.4) is 0 Å². The lowest BCUT2D eigenvalue weighted by Gasteiger charge is -2.04. The lowest BCUT2D eigenvalue weighted by Crippen LogP contribution is -2.32. The molecule has 1 aromatic rings. The van der Waals surface area contributed by atoms with Crippen molar-refractivity contribution >= 4 is 12.6 Å². The topological polar surface area (TPSA) is 73.5 Å². The van der Waals surface area contributed by atoms with E-state index in [2.05, 4.69) is 0 Å². The molecule has 0 spiro atoms. The summed E-state index contributed by atoms with van der Waals surface area (Å²) in [7, 11) is -0.181. The second-order valence-corrected chi connectivity index (χ2v) is 2.44. The van der Waals surface area contributed by atoms with Crippen LogP contribution in [-0.4, -0.2) is 24.3 Å². The molecule has 1 aromatic carbocycles. The first kappa shape index (κ1) is 9.58. The minimum atomic E-state index is -1.65. The van der Waals surface area contributed by atoms with Gasteiger partial charge in [-0.25, -0.2) is 0 Å². The average molecular weight is 177 g/mol. The fraction of sp³-hybridized carbons (Fsp3) is 0.125. The molecular formula is C8H8BNO3. The largest absolute Gasteiger partial charge is 0.497 e. The molecule has 0 fully saturated rings. The number of nitriles is 1. The van der Waals surface area contributed by atoms with Gasteiger partial charge in [0, 0.05) is 5.46 Å². The summed E-state index contributed by atoms with van der Waals surface area (Å²) >= 11 is 0. The van der Waals surface area contributed by atoms with Gasteiger partial charge in [-0.2, -0.15) is 5.26 Å². The van der Waals surface area contributed by atoms with Crippen LogP contribution in [0.15, 0.2) is 18.2 Å². The standard InChI is InChI=1S/C8H8BNO3/c1-13-7-3-2-6(5-10)8(4-7)9(11)12/h2-4,11-12H,1H3. The molecule has 0 aliphatic rings. The van der Waals surface area contributed by atoms with E-state index in [1.807, 2.05) is 6.07 Å². The number of methoxy groups -OCH3 is 1. The first-order valence-corrected chi connectivity index (χ1v) is 3.63.